The molecule has 1 saturated heterocycles. The monoisotopic (exact) mass is 438 g/mol. The van der Waals surface area contributed by atoms with E-state index in [4.69, 9.17) is 8.92 Å². The van der Waals surface area contributed by atoms with Crippen LogP contribution in [0.15, 0.2) is 41.5 Å². The molecule has 0 spiro atoms. The van der Waals surface area contributed by atoms with Crippen LogP contribution in [0.2, 0.25) is 0 Å². The van der Waals surface area contributed by atoms with E-state index in [1.54, 1.807) is 30.9 Å². The van der Waals surface area contributed by atoms with Crippen molar-refractivity contribution in [2.24, 2.45) is 5.92 Å². The predicted octanol–water partition coefficient (Wildman–Crippen LogP) is 2.98. The first kappa shape index (κ1) is 23.9. The molecule has 1 fully saturated rings. The number of piperidine rings is 1. The lowest BCUT2D eigenvalue weighted by Crippen LogP contribution is -2.49. The number of hydrogen-bond acceptors (Lipinski definition) is 6. The number of alkyl carbamates (subject to hydrolysis) is 1. The predicted molar refractivity (Wildman–Crippen MR) is 112 cm³/mol. The Balaban J connectivity index is 1.74. The molecule has 0 unspecified atom stereocenters. The summed E-state index contributed by atoms with van der Waals surface area (Å²) in [7, 11) is -3.76. The molecule has 166 valence electrons. The summed E-state index contributed by atoms with van der Waals surface area (Å²) in [6.07, 6.45) is 1.40. The van der Waals surface area contributed by atoms with E-state index >= 15 is 0 Å². The summed E-state index contributed by atoms with van der Waals surface area (Å²) in [5, 5.41) is 2.49. The van der Waals surface area contributed by atoms with Crippen molar-refractivity contribution >= 4 is 22.1 Å². The topological polar surface area (TPSA) is 102 Å². The maximum absolute atomic E-state index is 12.5. The fourth-order valence-corrected chi connectivity index (χ4v) is 4.16. The molecular formula is C21H30N2O6S. The molecule has 30 heavy (non-hydrogen) atoms. The van der Waals surface area contributed by atoms with Crippen molar-refractivity contribution in [1.29, 1.82) is 0 Å². The zero-order chi connectivity index (χ0) is 22.3. The van der Waals surface area contributed by atoms with E-state index in [1.807, 2.05) is 6.92 Å². The van der Waals surface area contributed by atoms with E-state index in [1.165, 1.54) is 12.1 Å². The van der Waals surface area contributed by atoms with Crippen molar-refractivity contribution < 1.29 is 26.9 Å². The van der Waals surface area contributed by atoms with Crippen LogP contribution < -0.4 is 5.32 Å². The van der Waals surface area contributed by atoms with Crippen molar-refractivity contribution in [2.45, 2.75) is 51.0 Å². The summed E-state index contributed by atoms with van der Waals surface area (Å²) in [5.41, 5.74) is 0.979. The van der Waals surface area contributed by atoms with Crippen LogP contribution in [0.5, 0.6) is 0 Å². The van der Waals surface area contributed by atoms with Gasteiger partial charge in [-0.05, 0) is 58.1 Å². The average Bonchev–Trinajstić information content (AvgIpc) is 2.67. The third-order valence-electron chi connectivity index (χ3n) is 4.97. The highest BCUT2D eigenvalue weighted by Crippen LogP contribution is 2.22. The SMILES string of the molecule is C=C(C)OC(=O)N[C@@H](C)C(=O)N1CCC(CCOS(=O)(=O)c2ccc(C)cc2)CC1. The number of likely N-dealkylation sites (tertiary alicyclic amines) is 1. The highest BCUT2D eigenvalue weighted by Gasteiger charge is 2.27. The summed E-state index contributed by atoms with van der Waals surface area (Å²) in [5.74, 6) is 0.351. The number of rotatable bonds is 8. The Morgan fingerprint density at radius 2 is 1.83 bits per heavy atom. The number of nitrogens with zero attached hydrogens (tertiary/aromatic N) is 1. The summed E-state index contributed by atoms with van der Waals surface area (Å²) in [6.45, 7) is 9.74. The van der Waals surface area contributed by atoms with Crippen LogP contribution in [0.3, 0.4) is 0 Å². The van der Waals surface area contributed by atoms with Gasteiger partial charge in [-0.3, -0.25) is 8.98 Å². The minimum absolute atomic E-state index is 0.111. The highest BCUT2D eigenvalue weighted by atomic mass is 32.2. The Morgan fingerprint density at radius 1 is 1.23 bits per heavy atom. The summed E-state index contributed by atoms with van der Waals surface area (Å²) < 4.78 is 34.4. The Hall–Kier alpha value is -2.39. The fourth-order valence-electron chi connectivity index (χ4n) is 3.24. The van der Waals surface area contributed by atoms with E-state index < -0.39 is 22.3 Å². The molecule has 0 radical (unpaired) electrons. The van der Waals surface area contributed by atoms with Gasteiger partial charge in [0, 0.05) is 13.1 Å². The lowest BCUT2D eigenvalue weighted by molar-refractivity contribution is -0.134. The van der Waals surface area contributed by atoms with Gasteiger partial charge in [-0.1, -0.05) is 24.3 Å². The lowest BCUT2D eigenvalue weighted by Gasteiger charge is -2.33. The maximum atomic E-state index is 12.5. The van der Waals surface area contributed by atoms with E-state index in [9.17, 15) is 18.0 Å². The van der Waals surface area contributed by atoms with Crippen LogP contribution >= 0.6 is 0 Å². The zero-order valence-corrected chi connectivity index (χ0v) is 18.5. The maximum Gasteiger partial charge on any atom is 0.412 e. The van der Waals surface area contributed by atoms with Crippen LogP contribution in [-0.4, -0.2) is 51.1 Å². The largest absolute Gasteiger partial charge is 0.416 e. The Kier molecular flexibility index (Phi) is 8.43. The molecule has 0 bridgehead atoms. The number of amides is 2. The number of carbonyl (C=O) groups is 2. The van der Waals surface area contributed by atoms with Crippen molar-refractivity contribution in [2.75, 3.05) is 19.7 Å². The van der Waals surface area contributed by atoms with Gasteiger partial charge in [-0.2, -0.15) is 8.42 Å². The molecule has 0 aliphatic carbocycles. The van der Waals surface area contributed by atoms with Gasteiger partial charge in [0.1, 0.15) is 6.04 Å². The summed E-state index contributed by atoms with van der Waals surface area (Å²) >= 11 is 0. The summed E-state index contributed by atoms with van der Waals surface area (Å²) in [6, 6.07) is 5.84. The second-order valence-corrected chi connectivity index (χ2v) is 9.22. The Labute approximate surface area is 178 Å². The second kappa shape index (κ2) is 10.6. The molecule has 2 amide bonds. The van der Waals surface area contributed by atoms with Gasteiger partial charge in [-0.25, -0.2) is 4.79 Å². The highest BCUT2D eigenvalue weighted by molar-refractivity contribution is 7.86. The normalized spacial score (nSPS) is 16.0. The molecule has 9 heteroatoms. The molecule has 1 aromatic carbocycles. The number of aryl methyl sites for hydroxylation is 1. The van der Waals surface area contributed by atoms with Gasteiger partial charge < -0.3 is 15.0 Å². The Bertz CT molecular complexity index is 858. The van der Waals surface area contributed by atoms with Crippen LogP contribution in [0.4, 0.5) is 4.79 Å². The molecule has 1 aliphatic heterocycles. The van der Waals surface area contributed by atoms with E-state index in [-0.39, 0.29) is 29.1 Å². The van der Waals surface area contributed by atoms with E-state index in [2.05, 4.69) is 11.9 Å². The average molecular weight is 439 g/mol. The molecule has 0 saturated carbocycles. The number of nitrogens with one attached hydrogen (secondary N) is 1. The number of carbonyl (C=O) groups excluding carboxylic acids is 2. The number of hydrogen-bond donors (Lipinski definition) is 1. The van der Waals surface area contributed by atoms with Crippen molar-refractivity contribution in [1.82, 2.24) is 10.2 Å². The fraction of sp³-hybridized carbons (Fsp3) is 0.524. The molecule has 0 aromatic heterocycles. The first-order chi connectivity index (χ1) is 14.1. The quantitative estimate of drug-likeness (QED) is 0.495. The van der Waals surface area contributed by atoms with Gasteiger partial charge in [-0.15, -0.1) is 0 Å². The minimum atomic E-state index is -3.76. The van der Waals surface area contributed by atoms with Crippen LogP contribution in [0.1, 0.15) is 38.7 Å². The number of benzene rings is 1. The van der Waals surface area contributed by atoms with Crippen molar-refractivity contribution in [3.63, 3.8) is 0 Å². The zero-order valence-electron chi connectivity index (χ0n) is 17.7. The third kappa shape index (κ3) is 7.14. The van der Waals surface area contributed by atoms with Crippen LogP contribution in [0.25, 0.3) is 0 Å². The smallest absolute Gasteiger partial charge is 0.412 e. The van der Waals surface area contributed by atoms with Gasteiger partial charge >= 0.3 is 6.09 Å². The molecular weight excluding hydrogens is 408 g/mol. The number of allylic oxidation sites excluding steroid dienone is 1. The van der Waals surface area contributed by atoms with Gasteiger partial charge in [0.15, 0.2) is 0 Å². The molecule has 1 atom stereocenters. The second-order valence-electron chi connectivity index (χ2n) is 7.60. The minimum Gasteiger partial charge on any atom is -0.416 e. The Morgan fingerprint density at radius 3 is 2.40 bits per heavy atom. The van der Waals surface area contributed by atoms with Crippen LogP contribution in [0, 0.1) is 12.8 Å². The molecule has 8 nitrogen and oxygen atoms in total. The first-order valence-electron chi connectivity index (χ1n) is 9.97. The van der Waals surface area contributed by atoms with E-state index in [0.717, 1.165) is 18.4 Å². The van der Waals surface area contributed by atoms with Gasteiger partial charge in [0.25, 0.3) is 10.1 Å². The lowest BCUT2D eigenvalue weighted by atomic mass is 9.93. The molecule has 1 heterocycles. The number of ether oxygens (including phenoxy) is 1. The van der Waals surface area contributed by atoms with Crippen molar-refractivity contribution in [3.8, 4) is 0 Å². The van der Waals surface area contributed by atoms with Gasteiger partial charge in [0.05, 0.1) is 17.3 Å². The van der Waals surface area contributed by atoms with Crippen molar-refractivity contribution in [3.05, 3.63) is 42.2 Å². The standard InChI is InChI=1S/C21H30N2O6S/c1-15(2)29-21(25)22-17(4)20(24)23-12-9-18(10-13-23)11-14-28-30(26,27)19-7-5-16(3)6-8-19/h5-8,17-18H,1,9-14H2,2-4H3,(H,22,25)/t17-/m0/s1. The summed E-state index contributed by atoms with van der Waals surface area (Å²) in [4.78, 5) is 25.9. The molecule has 2 rings (SSSR count). The molecule has 1 aliphatic rings. The van der Waals surface area contributed by atoms with Gasteiger partial charge in [0.2, 0.25) is 5.91 Å². The third-order valence-corrected chi connectivity index (χ3v) is 6.30. The molecule has 1 aromatic rings. The molecule has 1 N–H and O–H groups in total. The first-order valence-corrected chi connectivity index (χ1v) is 11.4. The van der Waals surface area contributed by atoms with Crippen LogP contribution in [-0.2, 0) is 23.8 Å². The van der Waals surface area contributed by atoms with E-state index in [0.29, 0.717) is 19.5 Å².